The Bertz CT molecular complexity index is 389. The summed E-state index contributed by atoms with van der Waals surface area (Å²) in [6, 6.07) is 8.70. The van der Waals surface area contributed by atoms with Crippen molar-refractivity contribution in [2.75, 3.05) is 0 Å². The molecule has 2 aromatic rings. The van der Waals surface area contributed by atoms with Crippen LogP contribution in [-0.4, -0.2) is 0 Å². The molecule has 2 heterocycles. The van der Waals surface area contributed by atoms with Gasteiger partial charge in [-0.05, 0) is 36.9 Å². The average Bonchev–Trinajstić information content (AvgIpc) is 2.75. The molecule has 0 bridgehead atoms. The van der Waals surface area contributed by atoms with Crippen LogP contribution in [0.15, 0.2) is 29.6 Å². The highest BCUT2D eigenvalue weighted by atomic mass is 79.9. The predicted molar refractivity (Wildman–Crippen MR) is 68.7 cm³/mol. The Morgan fingerprint density at radius 1 is 1.36 bits per heavy atom. The van der Waals surface area contributed by atoms with E-state index in [4.69, 9.17) is 0 Å². The lowest BCUT2D eigenvalue weighted by Gasteiger charge is -2.04. The Morgan fingerprint density at radius 3 is 2.79 bits per heavy atom. The van der Waals surface area contributed by atoms with Gasteiger partial charge in [0.25, 0.3) is 0 Å². The number of hydrogen-bond acceptors (Lipinski definition) is 2. The molecule has 0 nitrogen and oxygen atoms in total. The fraction of sp³-hybridized carbons (Fsp3) is 0.273. The van der Waals surface area contributed by atoms with Crippen molar-refractivity contribution in [1.82, 2.24) is 0 Å². The molecule has 1 atom stereocenters. The first-order valence-corrected chi connectivity index (χ1v) is 7.09. The van der Waals surface area contributed by atoms with Gasteiger partial charge in [0.2, 0.25) is 0 Å². The first-order valence-electron chi connectivity index (χ1n) is 4.48. The van der Waals surface area contributed by atoms with Crippen LogP contribution in [0.4, 0.5) is 0 Å². The number of alkyl halides is 1. The van der Waals surface area contributed by atoms with E-state index in [0.29, 0.717) is 4.83 Å². The molecule has 0 aliphatic rings. The van der Waals surface area contributed by atoms with Crippen molar-refractivity contribution in [3.8, 4) is 0 Å². The third-order valence-corrected chi connectivity index (χ3v) is 5.16. The number of hydrogen-bond donors (Lipinski definition) is 0. The molecule has 0 radical (unpaired) electrons. The molecule has 2 aromatic heterocycles. The van der Waals surface area contributed by atoms with Gasteiger partial charge in [0.05, 0.1) is 4.83 Å². The van der Waals surface area contributed by atoms with E-state index in [1.165, 1.54) is 14.6 Å². The molecule has 0 fully saturated rings. The van der Waals surface area contributed by atoms with Crippen molar-refractivity contribution in [3.05, 3.63) is 44.3 Å². The zero-order valence-corrected chi connectivity index (χ0v) is 11.1. The van der Waals surface area contributed by atoms with Gasteiger partial charge in [-0.2, -0.15) is 0 Å². The van der Waals surface area contributed by atoms with Crippen LogP contribution in [0.1, 0.15) is 19.5 Å². The molecular formula is C11H11BrS2. The molecule has 0 aliphatic carbocycles. The van der Waals surface area contributed by atoms with E-state index < -0.39 is 0 Å². The molecule has 0 saturated heterocycles. The summed E-state index contributed by atoms with van der Waals surface area (Å²) in [5, 5.41) is 2.13. The van der Waals surface area contributed by atoms with E-state index in [9.17, 15) is 0 Å². The van der Waals surface area contributed by atoms with Gasteiger partial charge in [0.15, 0.2) is 0 Å². The van der Waals surface area contributed by atoms with Crippen LogP contribution in [0, 0.1) is 6.92 Å². The average molecular weight is 287 g/mol. The van der Waals surface area contributed by atoms with Gasteiger partial charge in [-0.25, -0.2) is 0 Å². The van der Waals surface area contributed by atoms with Crippen molar-refractivity contribution in [2.24, 2.45) is 0 Å². The number of rotatable bonds is 3. The second-order valence-electron chi connectivity index (χ2n) is 3.20. The summed E-state index contributed by atoms with van der Waals surface area (Å²) in [5.74, 6) is 0. The van der Waals surface area contributed by atoms with Crippen molar-refractivity contribution in [3.63, 3.8) is 0 Å². The molecule has 1 unspecified atom stereocenters. The Kier molecular flexibility index (Phi) is 3.42. The van der Waals surface area contributed by atoms with Gasteiger partial charge < -0.3 is 0 Å². The predicted octanol–water partition coefficient (Wildman–Crippen LogP) is 4.80. The van der Waals surface area contributed by atoms with Crippen molar-refractivity contribution < 1.29 is 0 Å². The third kappa shape index (κ3) is 2.47. The van der Waals surface area contributed by atoms with Crippen molar-refractivity contribution in [2.45, 2.75) is 18.2 Å². The second-order valence-corrected chi connectivity index (χ2v) is 6.66. The van der Waals surface area contributed by atoms with Crippen molar-refractivity contribution >= 4 is 38.6 Å². The Labute approximate surface area is 101 Å². The lowest BCUT2D eigenvalue weighted by Crippen LogP contribution is -1.89. The first kappa shape index (κ1) is 10.4. The summed E-state index contributed by atoms with van der Waals surface area (Å²) in [6.45, 7) is 2.15. The minimum Gasteiger partial charge on any atom is -0.149 e. The first-order chi connectivity index (χ1) is 6.75. The molecule has 0 saturated carbocycles. The van der Waals surface area contributed by atoms with Gasteiger partial charge in [-0.1, -0.05) is 22.0 Å². The van der Waals surface area contributed by atoms with E-state index in [1.807, 2.05) is 22.7 Å². The maximum atomic E-state index is 3.74. The lowest BCUT2D eigenvalue weighted by atomic mass is 10.2. The number of thiophene rings is 2. The van der Waals surface area contributed by atoms with Crippen LogP contribution < -0.4 is 0 Å². The summed E-state index contributed by atoms with van der Waals surface area (Å²) < 4.78 is 0. The quantitative estimate of drug-likeness (QED) is 0.711. The molecular weight excluding hydrogens is 276 g/mol. The van der Waals surface area contributed by atoms with Gasteiger partial charge >= 0.3 is 0 Å². The lowest BCUT2D eigenvalue weighted by molar-refractivity contribution is 0.992. The van der Waals surface area contributed by atoms with Crippen LogP contribution in [0.3, 0.4) is 0 Å². The fourth-order valence-corrected chi connectivity index (χ4v) is 3.93. The zero-order chi connectivity index (χ0) is 9.97. The van der Waals surface area contributed by atoms with Crippen LogP contribution in [0.25, 0.3) is 0 Å². The Balaban J connectivity index is 2.06. The molecule has 0 N–H and O–H groups in total. The topological polar surface area (TPSA) is 0 Å². The monoisotopic (exact) mass is 286 g/mol. The van der Waals surface area contributed by atoms with Gasteiger partial charge in [0.1, 0.15) is 0 Å². The zero-order valence-electron chi connectivity index (χ0n) is 7.87. The molecule has 14 heavy (non-hydrogen) atoms. The second kappa shape index (κ2) is 4.60. The molecule has 74 valence electrons. The molecule has 2 rings (SSSR count). The number of halogens is 1. The minimum atomic E-state index is 0.472. The largest absolute Gasteiger partial charge is 0.149 e. The molecule has 0 spiro atoms. The van der Waals surface area contributed by atoms with Crippen LogP contribution in [-0.2, 0) is 6.42 Å². The smallest absolute Gasteiger partial charge is 0.0537 e. The standard InChI is InChI=1S/C11H11BrS2/c1-8-4-5-11(14-8)10(12)7-9-3-2-6-13-9/h2-6,10H,7H2,1H3. The minimum absolute atomic E-state index is 0.472. The SMILES string of the molecule is Cc1ccc(C(Br)Cc2cccs2)s1. The van der Waals surface area contributed by atoms with E-state index in [1.54, 1.807) is 0 Å². The molecule has 0 aromatic carbocycles. The highest BCUT2D eigenvalue weighted by molar-refractivity contribution is 9.09. The summed E-state index contributed by atoms with van der Waals surface area (Å²) in [7, 11) is 0. The van der Waals surface area contributed by atoms with Crippen LogP contribution >= 0.6 is 38.6 Å². The summed E-state index contributed by atoms with van der Waals surface area (Å²) in [6.07, 6.45) is 1.09. The molecule has 3 heteroatoms. The van der Waals surface area contributed by atoms with E-state index in [-0.39, 0.29) is 0 Å². The summed E-state index contributed by atoms with van der Waals surface area (Å²) >= 11 is 7.44. The normalized spacial score (nSPS) is 13.0. The summed E-state index contributed by atoms with van der Waals surface area (Å²) in [5.41, 5.74) is 0. The molecule has 0 amide bonds. The molecule has 0 aliphatic heterocycles. The maximum absolute atomic E-state index is 3.74. The van der Waals surface area contributed by atoms with Gasteiger partial charge in [-0.3, -0.25) is 0 Å². The Hall–Kier alpha value is -0.120. The number of aryl methyl sites for hydroxylation is 1. The van der Waals surface area contributed by atoms with E-state index >= 15 is 0 Å². The van der Waals surface area contributed by atoms with Gasteiger partial charge in [0, 0.05) is 14.6 Å². The Morgan fingerprint density at radius 2 is 2.21 bits per heavy atom. The van der Waals surface area contributed by atoms with Crippen LogP contribution in [0.5, 0.6) is 0 Å². The highest BCUT2D eigenvalue weighted by Gasteiger charge is 2.10. The highest BCUT2D eigenvalue weighted by Crippen LogP contribution is 2.33. The van der Waals surface area contributed by atoms with Gasteiger partial charge in [-0.15, -0.1) is 22.7 Å². The van der Waals surface area contributed by atoms with Crippen molar-refractivity contribution in [1.29, 1.82) is 0 Å². The maximum Gasteiger partial charge on any atom is 0.0537 e. The fourth-order valence-electron chi connectivity index (χ4n) is 1.33. The van der Waals surface area contributed by atoms with Crippen LogP contribution in [0.2, 0.25) is 0 Å². The third-order valence-electron chi connectivity index (χ3n) is 2.03. The van der Waals surface area contributed by atoms with E-state index in [0.717, 1.165) is 6.42 Å². The van der Waals surface area contributed by atoms with E-state index in [2.05, 4.69) is 52.5 Å². The summed E-state index contributed by atoms with van der Waals surface area (Å²) in [4.78, 5) is 4.73.